The minimum absolute atomic E-state index is 0.0379. The van der Waals surface area contributed by atoms with E-state index in [0.717, 1.165) is 41.2 Å². The summed E-state index contributed by atoms with van der Waals surface area (Å²) in [6, 6.07) is 2.30. The molecule has 1 saturated heterocycles. The van der Waals surface area contributed by atoms with Crippen molar-refractivity contribution in [3.8, 4) is 0 Å². The standard InChI is InChI=1S/C20H17F4NO4S/c1-2-28-19(27)14-10-8-9-6-7-13(29-9)16(10)30-18(14)25-17(26)15-11(20(22,23)24)4-3-5-12(15)21/h3-5,9,13H,2,6-8H2,1H3,(H,25,26). The topological polar surface area (TPSA) is 64.6 Å². The summed E-state index contributed by atoms with van der Waals surface area (Å²) < 4.78 is 65.0. The largest absolute Gasteiger partial charge is 0.462 e. The fraction of sp³-hybridized carbons (Fsp3) is 0.400. The summed E-state index contributed by atoms with van der Waals surface area (Å²) in [6.45, 7) is 1.71. The van der Waals surface area contributed by atoms with E-state index in [2.05, 4.69) is 5.32 Å². The number of benzene rings is 1. The van der Waals surface area contributed by atoms with Crippen molar-refractivity contribution in [2.45, 2.75) is 44.6 Å². The normalized spacial score (nSPS) is 20.0. The van der Waals surface area contributed by atoms with Crippen molar-refractivity contribution < 1.29 is 36.6 Å². The van der Waals surface area contributed by atoms with Crippen LogP contribution in [0.1, 0.15) is 62.6 Å². The van der Waals surface area contributed by atoms with Gasteiger partial charge in [0.15, 0.2) is 0 Å². The molecule has 4 rings (SSSR count). The first-order valence-electron chi connectivity index (χ1n) is 9.35. The van der Waals surface area contributed by atoms with Crippen LogP contribution in [0.4, 0.5) is 22.6 Å². The minimum Gasteiger partial charge on any atom is -0.462 e. The van der Waals surface area contributed by atoms with E-state index in [-0.39, 0.29) is 29.4 Å². The van der Waals surface area contributed by atoms with Crippen LogP contribution in [0.2, 0.25) is 0 Å². The zero-order chi connectivity index (χ0) is 21.6. The van der Waals surface area contributed by atoms with E-state index in [1.807, 2.05) is 0 Å². The number of nitrogens with one attached hydrogen (secondary N) is 1. The number of fused-ring (bicyclic) bond motifs is 4. The molecule has 1 N–H and O–H groups in total. The maximum atomic E-state index is 14.2. The summed E-state index contributed by atoms with van der Waals surface area (Å²) in [7, 11) is 0. The summed E-state index contributed by atoms with van der Waals surface area (Å²) in [4.78, 5) is 26.0. The third-order valence-electron chi connectivity index (χ3n) is 5.12. The Morgan fingerprint density at radius 2 is 2.03 bits per heavy atom. The van der Waals surface area contributed by atoms with Crippen molar-refractivity contribution in [2.24, 2.45) is 0 Å². The Hall–Kier alpha value is -2.46. The molecule has 2 aromatic rings. The van der Waals surface area contributed by atoms with Gasteiger partial charge in [0.05, 0.1) is 35.5 Å². The van der Waals surface area contributed by atoms with Crippen molar-refractivity contribution in [1.82, 2.24) is 0 Å². The molecule has 0 radical (unpaired) electrons. The van der Waals surface area contributed by atoms with Gasteiger partial charge < -0.3 is 14.8 Å². The predicted octanol–water partition coefficient (Wildman–Crippen LogP) is 5.11. The van der Waals surface area contributed by atoms with Crippen LogP contribution in [0.3, 0.4) is 0 Å². The van der Waals surface area contributed by atoms with Gasteiger partial charge in [-0.1, -0.05) is 6.07 Å². The number of alkyl halides is 3. The van der Waals surface area contributed by atoms with Gasteiger partial charge in [-0.15, -0.1) is 11.3 Å². The molecule has 1 aromatic heterocycles. The van der Waals surface area contributed by atoms with Crippen LogP contribution in [0.25, 0.3) is 0 Å². The van der Waals surface area contributed by atoms with Crippen molar-refractivity contribution in [2.75, 3.05) is 11.9 Å². The Kier molecular flexibility index (Phi) is 5.31. The summed E-state index contributed by atoms with van der Waals surface area (Å²) in [6.07, 6.45) is -3.18. The molecule has 1 aromatic carbocycles. The second-order valence-corrected chi connectivity index (χ2v) is 8.06. The molecule has 0 saturated carbocycles. The number of ether oxygens (including phenoxy) is 2. The molecule has 3 heterocycles. The number of carbonyl (C=O) groups is 2. The van der Waals surface area contributed by atoms with Crippen LogP contribution in [0.15, 0.2) is 18.2 Å². The molecule has 10 heteroatoms. The van der Waals surface area contributed by atoms with Crippen molar-refractivity contribution in [3.63, 3.8) is 0 Å². The summed E-state index contributed by atoms with van der Waals surface area (Å²) >= 11 is 1.06. The number of hydrogen-bond acceptors (Lipinski definition) is 5. The first-order chi connectivity index (χ1) is 14.2. The van der Waals surface area contributed by atoms with Crippen LogP contribution in [0, 0.1) is 5.82 Å². The lowest BCUT2D eigenvalue weighted by atomic mass is 10.0. The van der Waals surface area contributed by atoms with Crippen LogP contribution in [-0.2, 0) is 22.1 Å². The van der Waals surface area contributed by atoms with Crippen LogP contribution in [0.5, 0.6) is 0 Å². The average Bonchev–Trinajstić information content (AvgIpc) is 3.23. The zero-order valence-corrected chi connectivity index (χ0v) is 16.6. The second-order valence-electron chi connectivity index (χ2n) is 7.01. The van der Waals surface area contributed by atoms with Gasteiger partial charge in [-0.05, 0) is 37.5 Å². The van der Waals surface area contributed by atoms with E-state index >= 15 is 0 Å². The lowest BCUT2D eigenvalue weighted by Crippen LogP contribution is -2.22. The van der Waals surface area contributed by atoms with E-state index < -0.39 is 35.0 Å². The second kappa shape index (κ2) is 7.66. The van der Waals surface area contributed by atoms with Crippen molar-refractivity contribution in [3.05, 3.63) is 51.1 Å². The highest BCUT2D eigenvalue weighted by Gasteiger charge is 2.41. The van der Waals surface area contributed by atoms with Gasteiger partial charge in [-0.25, -0.2) is 9.18 Å². The third kappa shape index (κ3) is 3.58. The van der Waals surface area contributed by atoms with Gasteiger partial charge in [0.25, 0.3) is 5.91 Å². The molecular formula is C20H17F4NO4S. The summed E-state index contributed by atoms with van der Waals surface area (Å²) in [5, 5.41) is 2.36. The fourth-order valence-electron chi connectivity index (χ4n) is 3.89. The van der Waals surface area contributed by atoms with Gasteiger partial charge in [0.2, 0.25) is 0 Å². The van der Waals surface area contributed by atoms with E-state index in [4.69, 9.17) is 9.47 Å². The van der Waals surface area contributed by atoms with E-state index in [1.165, 1.54) is 0 Å². The number of anilines is 1. The van der Waals surface area contributed by atoms with E-state index in [1.54, 1.807) is 6.92 Å². The smallest absolute Gasteiger partial charge is 0.417 e. The number of hydrogen-bond donors (Lipinski definition) is 1. The van der Waals surface area contributed by atoms with Gasteiger partial charge in [-0.3, -0.25) is 4.79 Å². The Bertz CT molecular complexity index is 1020. The number of thiophene rings is 1. The van der Waals surface area contributed by atoms with Gasteiger partial charge in [-0.2, -0.15) is 13.2 Å². The molecule has 2 bridgehead atoms. The Morgan fingerprint density at radius 1 is 1.27 bits per heavy atom. The summed E-state index contributed by atoms with van der Waals surface area (Å²) in [5.41, 5.74) is -1.72. The van der Waals surface area contributed by atoms with Crippen LogP contribution >= 0.6 is 11.3 Å². The molecule has 5 nitrogen and oxygen atoms in total. The Balaban J connectivity index is 1.75. The van der Waals surface area contributed by atoms with Gasteiger partial charge in [0.1, 0.15) is 10.8 Å². The number of amides is 1. The quantitative estimate of drug-likeness (QED) is 0.527. The first kappa shape index (κ1) is 20.8. The maximum Gasteiger partial charge on any atom is 0.417 e. The highest BCUT2D eigenvalue weighted by Crippen LogP contribution is 2.49. The zero-order valence-electron chi connectivity index (χ0n) is 15.8. The molecule has 0 aliphatic carbocycles. The SMILES string of the molecule is CCOC(=O)c1c(NC(=O)c2c(F)cccc2C(F)(F)F)sc2c1CC1CCC2O1. The Labute approximate surface area is 173 Å². The summed E-state index contributed by atoms with van der Waals surface area (Å²) in [5.74, 6) is -3.27. The minimum atomic E-state index is -4.92. The molecule has 2 atom stereocenters. The fourth-order valence-corrected chi connectivity index (χ4v) is 5.17. The lowest BCUT2D eigenvalue weighted by molar-refractivity contribution is -0.138. The predicted molar refractivity (Wildman–Crippen MR) is 100 cm³/mol. The number of esters is 1. The van der Waals surface area contributed by atoms with E-state index in [9.17, 15) is 27.2 Å². The molecule has 1 amide bonds. The van der Waals surface area contributed by atoms with Crippen molar-refractivity contribution >= 4 is 28.2 Å². The molecule has 0 spiro atoms. The van der Waals surface area contributed by atoms with E-state index in [0.29, 0.717) is 18.1 Å². The van der Waals surface area contributed by atoms with Gasteiger partial charge in [0, 0.05) is 11.3 Å². The highest BCUT2D eigenvalue weighted by molar-refractivity contribution is 7.17. The van der Waals surface area contributed by atoms with Crippen molar-refractivity contribution in [1.29, 1.82) is 0 Å². The molecule has 160 valence electrons. The Morgan fingerprint density at radius 3 is 2.73 bits per heavy atom. The lowest BCUT2D eigenvalue weighted by Gasteiger charge is -2.21. The average molecular weight is 443 g/mol. The molecule has 2 unspecified atom stereocenters. The third-order valence-corrected chi connectivity index (χ3v) is 6.36. The number of halogens is 4. The molecule has 30 heavy (non-hydrogen) atoms. The number of rotatable bonds is 4. The highest BCUT2D eigenvalue weighted by atomic mass is 32.1. The van der Waals surface area contributed by atoms with Crippen LogP contribution < -0.4 is 5.32 Å². The molecule has 2 aliphatic heterocycles. The molecule has 1 fully saturated rings. The molecule has 2 aliphatic rings. The maximum absolute atomic E-state index is 14.2. The van der Waals surface area contributed by atoms with Gasteiger partial charge >= 0.3 is 12.1 Å². The van der Waals surface area contributed by atoms with Crippen LogP contribution in [-0.4, -0.2) is 24.6 Å². The molecular weight excluding hydrogens is 426 g/mol. The first-order valence-corrected chi connectivity index (χ1v) is 10.2. The monoisotopic (exact) mass is 443 g/mol. The number of carbonyl (C=O) groups excluding carboxylic acids is 2.